The van der Waals surface area contributed by atoms with Crippen LogP contribution in [0.3, 0.4) is 0 Å². The third kappa shape index (κ3) is 3.05. The Kier molecular flexibility index (Phi) is 4.80. The maximum Gasteiger partial charge on any atom is 0.198 e. The van der Waals surface area contributed by atoms with Gasteiger partial charge in [-0.2, -0.15) is 0 Å². The molecule has 0 radical (unpaired) electrons. The smallest absolute Gasteiger partial charge is 0.198 e. The molecule has 5 nitrogen and oxygen atoms in total. The third-order valence-corrected chi connectivity index (χ3v) is 4.69. The molecule has 6 heteroatoms. The molecule has 0 spiro atoms. The van der Waals surface area contributed by atoms with Crippen LogP contribution in [0.1, 0.15) is 45.6 Å². The summed E-state index contributed by atoms with van der Waals surface area (Å²) in [6, 6.07) is 1.81. The van der Waals surface area contributed by atoms with Gasteiger partial charge in [0.25, 0.3) is 0 Å². The highest BCUT2D eigenvalue weighted by molar-refractivity contribution is 6.29. The van der Waals surface area contributed by atoms with Crippen molar-refractivity contribution in [2.24, 2.45) is 0 Å². The Morgan fingerprint density at radius 1 is 1.32 bits per heavy atom. The Morgan fingerprint density at radius 2 is 2.14 bits per heavy atom. The van der Waals surface area contributed by atoms with E-state index in [1.165, 1.54) is 0 Å². The van der Waals surface area contributed by atoms with Crippen molar-refractivity contribution < 1.29 is 23.4 Å². The van der Waals surface area contributed by atoms with Crippen LogP contribution in [0.15, 0.2) is 16.7 Å². The molecule has 0 N–H and O–H groups in total. The van der Waals surface area contributed by atoms with Crippen molar-refractivity contribution in [1.29, 1.82) is 0 Å². The molecule has 3 rings (SSSR count). The highest BCUT2D eigenvalue weighted by Crippen LogP contribution is 2.41. The maximum atomic E-state index is 6.08. The van der Waals surface area contributed by atoms with Gasteiger partial charge in [0.1, 0.15) is 12.2 Å². The van der Waals surface area contributed by atoms with Gasteiger partial charge in [-0.05, 0) is 37.4 Å². The molecule has 0 amide bonds. The second kappa shape index (κ2) is 6.49. The summed E-state index contributed by atoms with van der Waals surface area (Å²) in [5.41, 5.74) is 0.831. The summed E-state index contributed by atoms with van der Waals surface area (Å²) in [7, 11) is 0. The minimum atomic E-state index is -0.596. The fourth-order valence-electron chi connectivity index (χ4n) is 2.97. The minimum Gasteiger partial charge on any atom is -0.453 e. The second-order valence-corrected chi connectivity index (χ2v) is 6.36. The lowest BCUT2D eigenvalue weighted by Gasteiger charge is -2.27. The van der Waals surface area contributed by atoms with E-state index < -0.39 is 5.79 Å². The summed E-state index contributed by atoms with van der Waals surface area (Å²) in [5, 5.41) is 0.365. The first kappa shape index (κ1) is 16.3. The predicted molar refractivity (Wildman–Crippen MR) is 80.5 cm³/mol. The summed E-state index contributed by atoms with van der Waals surface area (Å²) in [6.45, 7) is 6.47. The molecule has 124 valence electrons. The summed E-state index contributed by atoms with van der Waals surface area (Å²) < 4.78 is 29.2. The number of hydrogen-bond donors (Lipinski definition) is 0. The number of fused-ring (bicyclic) bond motifs is 1. The lowest BCUT2D eigenvalue weighted by molar-refractivity contribution is -0.229. The molecule has 1 aromatic rings. The van der Waals surface area contributed by atoms with E-state index in [0.717, 1.165) is 24.8 Å². The molecule has 0 bridgehead atoms. The first-order valence-electron chi connectivity index (χ1n) is 7.91. The quantitative estimate of drug-likeness (QED) is 0.792. The van der Waals surface area contributed by atoms with Crippen molar-refractivity contribution >= 4 is 11.6 Å². The third-order valence-electron chi connectivity index (χ3n) is 4.36. The molecule has 22 heavy (non-hydrogen) atoms. The van der Waals surface area contributed by atoms with Gasteiger partial charge < -0.3 is 23.4 Å². The van der Waals surface area contributed by atoms with Crippen LogP contribution < -0.4 is 0 Å². The van der Waals surface area contributed by atoms with E-state index in [1.54, 1.807) is 6.26 Å². The van der Waals surface area contributed by atoms with Crippen molar-refractivity contribution in [3.8, 4) is 0 Å². The molecular formula is C16H23ClO5. The maximum absolute atomic E-state index is 6.08. The normalized spacial score (nSPS) is 37.6. The Bertz CT molecular complexity index is 504. The van der Waals surface area contributed by atoms with E-state index in [1.807, 2.05) is 19.9 Å². The number of furan rings is 1. The highest BCUT2D eigenvalue weighted by Gasteiger charge is 2.55. The van der Waals surface area contributed by atoms with Gasteiger partial charge in [0, 0.05) is 5.56 Å². The number of rotatable bonds is 6. The van der Waals surface area contributed by atoms with Gasteiger partial charge in [-0.15, -0.1) is 0 Å². The van der Waals surface area contributed by atoms with Crippen molar-refractivity contribution in [2.45, 2.75) is 77.0 Å². The lowest BCUT2D eigenvalue weighted by Crippen LogP contribution is -2.37. The number of hydrogen-bond acceptors (Lipinski definition) is 5. The molecule has 3 heterocycles. The first-order chi connectivity index (χ1) is 10.6. The van der Waals surface area contributed by atoms with Crippen LogP contribution in [0.5, 0.6) is 0 Å². The Labute approximate surface area is 135 Å². The zero-order chi connectivity index (χ0) is 15.7. The Morgan fingerprint density at radius 3 is 2.77 bits per heavy atom. The molecule has 0 aromatic carbocycles. The van der Waals surface area contributed by atoms with E-state index in [-0.39, 0.29) is 24.6 Å². The largest absolute Gasteiger partial charge is 0.453 e. The summed E-state index contributed by atoms with van der Waals surface area (Å²) >= 11 is 5.97. The molecule has 0 aliphatic carbocycles. The second-order valence-electron chi connectivity index (χ2n) is 6.01. The van der Waals surface area contributed by atoms with Crippen LogP contribution in [-0.2, 0) is 25.6 Å². The fourth-order valence-corrected chi connectivity index (χ4v) is 3.13. The van der Waals surface area contributed by atoms with E-state index in [2.05, 4.69) is 6.92 Å². The first-order valence-corrected chi connectivity index (χ1v) is 8.28. The van der Waals surface area contributed by atoms with Gasteiger partial charge in [-0.3, -0.25) is 0 Å². The average Bonchev–Trinajstić information content (AvgIpc) is 3.12. The average molecular weight is 331 g/mol. The van der Waals surface area contributed by atoms with E-state index in [0.29, 0.717) is 11.8 Å². The van der Waals surface area contributed by atoms with Gasteiger partial charge in [-0.25, -0.2) is 0 Å². The van der Waals surface area contributed by atoms with Gasteiger partial charge in [0.05, 0.1) is 19.0 Å². The van der Waals surface area contributed by atoms with Crippen LogP contribution in [0, 0.1) is 0 Å². The van der Waals surface area contributed by atoms with E-state index >= 15 is 0 Å². The monoisotopic (exact) mass is 330 g/mol. The number of ether oxygens (including phenoxy) is 4. The van der Waals surface area contributed by atoms with Gasteiger partial charge in [0.15, 0.2) is 17.3 Å². The zero-order valence-electron chi connectivity index (χ0n) is 13.2. The van der Waals surface area contributed by atoms with Crippen LogP contribution in [-0.4, -0.2) is 30.4 Å². The van der Waals surface area contributed by atoms with E-state index in [4.69, 9.17) is 35.0 Å². The van der Waals surface area contributed by atoms with Crippen molar-refractivity contribution in [1.82, 2.24) is 0 Å². The topological polar surface area (TPSA) is 50.1 Å². The fraction of sp³-hybridized carbons (Fsp3) is 0.750. The van der Waals surface area contributed by atoms with Gasteiger partial charge in [-0.1, -0.05) is 20.3 Å². The van der Waals surface area contributed by atoms with Crippen LogP contribution in [0.25, 0.3) is 0 Å². The molecule has 0 saturated carbocycles. The molecule has 1 unspecified atom stereocenters. The zero-order valence-corrected chi connectivity index (χ0v) is 14.0. The molecule has 2 aliphatic rings. The highest BCUT2D eigenvalue weighted by atomic mass is 35.5. The van der Waals surface area contributed by atoms with Gasteiger partial charge >= 0.3 is 0 Å². The molecule has 5 atom stereocenters. The van der Waals surface area contributed by atoms with Crippen molar-refractivity contribution in [2.75, 3.05) is 0 Å². The van der Waals surface area contributed by atoms with E-state index in [9.17, 15) is 0 Å². The van der Waals surface area contributed by atoms with Crippen LogP contribution in [0.4, 0.5) is 0 Å². The molecular weight excluding hydrogens is 308 g/mol. The molecule has 2 aliphatic heterocycles. The predicted octanol–water partition coefficient (Wildman–Crippen LogP) is 3.88. The molecule has 2 fully saturated rings. The van der Waals surface area contributed by atoms with Gasteiger partial charge in [0.2, 0.25) is 0 Å². The molecule has 1 aromatic heterocycles. The number of halogens is 1. The summed E-state index contributed by atoms with van der Waals surface area (Å²) in [5.74, 6) is -0.596. The standard InChI is InChI=1S/C16H23ClO5/c1-4-6-11-12(19-9-10-7-8-18-14(10)17)13-15(20-11)22-16(3,5-2)21-13/h7-8,11-13,15H,4-6,9H2,1-3H3/t11-,12+,13-,15-,16?/m1/s1. The Hall–Kier alpha value is -0.590. The van der Waals surface area contributed by atoms with Crippen LogP contribution in [0.2, 0.25) is 5.22 Å². The Balaban J connectivity index is 1.69. The minimum absolute atomic E-state index is 0.0212. The SMILES string of the molecule is CCC[C@H]1O[C@@H]2OC(C)(CC)O[C@@H]2[C@H]1OCc1ccoc1Cl. The van der Waals surface area contributed by atoms with Crippen molar-refractivity contribution in [3.63, 3.8) is 0 Å². The summed E-state index contributed by atoms with van der Waals surface area (Å²) in [4.78, 5) is 0. The summed E-state index contributed by atoms with van der Waals surface area (Å²) in [6.07, 6.45) is 3.51. The molecule has 2 saturated heterocycles. The lowest BCUT2D eigenvalue weighted by atomic mass is 10.1. The van der Waals surface area contributed by atoms with Crippen LogP contribution >= 0.6 is 11.6 Å². The van der Waals surface area contributed by atoms with Crippen molar-refractivity contribution in [3.05, 3.63) is 23.1 Å².